The molecule has 1 aromatic carbocycles. The highest BCUT2D eigenvalue weighted by molar-refractivity contribution is 5.83. The van der Waals surface area contributed by atoms with Crippen LogP contribution in [-0.4, -0.2) is 37.5 Å². The second kappa shape index (κ2) is 6.32. The molecule has 3 rings (SSSR count). The van der Waals surface area contributed by atoms with Gasteiger partial charge in [0.25, 0.3) is 0 Å². The SMILES string of the molecule is CNCC1CCCN(C(=O)C2CC2c2cc(F)ccc2F)C1. The first-order valence-corrected chi connectivity index (χ1v) is 7.98. The molecule has 2 aliphatic rings. The monoisotopic (exact) mass is 308 g/mol. The molecule has 22 heavy (non-hydrogen) atoms. The van der Waals surface area contributed by atoms with Crippen molar-refractivity contribution in [3.63, 3.8) is 0 Å². The second-order valence-electron chi connectivity index (χ2n) is 6.46. The van der Waals surface area contributed by atoms with E-state index in [1.807, 2.05) is 11.9 Å². The van der Waals surface area contributed by atoms with Crippen molar-refractivity contribution < 1.29 is 13.6 Å². The number of benzene rings is 1. The van der Waals surface area contributed by atoms with Gasteiger partial charge in [-0.1, -0.05) is 0 Å². The number of carbonyl (C=O) groups excluding carboxylic acids is 1. The van der Waals surface area contributed by atoms with Crippen LogP contribution in [0.5, 0.6) is 0 Å². The zero-order chi connectivity index (χ0) is 15.7. The first-order chi connectivity index (χ1) is 10.6. The Morgan fingerprint density at radius 1 is 1.41 bits per heavy atom. The molecule has 1 aromatic rings. The van der Waals surface area contributed by atoms with Crippen LogP contribution in [0.15, 0.2) is 18.2 Å². The fourth-order valence-corrected chi connectivity index (χ4v) is 3.57. The molecule has 1 aliphatic carbocycles. The minimum atomic E-state index is -0.443. The van der Waals surface area contributed by atoms with Crippen LogP contribution >= 0.6 is 0 Å². The lowest BCUT2D eigenvalue weighted by Crippen LogP contribution is -2.43. The minimum absolute atomic E-state index is 0.106. The smallest absolute Gasteiger partial charge is 0.226 e. The minimum Gasteiger partial charge on any atom is -0.342 e. The second-order valence-corrected chi connectivity index (χ2v) is 6.46. The van der Waals surface area contributed by atoms with Crippen molar-refractivity contribution >= 4 is 5.91 Å². The van der Waals surface area contributed by atoms with E-state index in [1.54, 1.807) is 0 Å². The topological polar surface area (TPSA) is 32.3 Å². The molecule has 0 bridgehead atoms. The molecule has 0 aromatic heterocycles. The van der Waals surface area contributed by atoms with E-state index in [0.717, 1.165) is 44.6 Å². The van der Waals surface area contributed by atoms with E-state index in [4.69, 9.17) is 0 Å². The zero-order valence-electron chi connectivity index (χ0n) is 12.8. The molecule has 1 aliphatic heterocycles. The molecule has 2 fully saturated rings. The fraction of sp³-hybridized carbons (Fsp3) is 0.588. The lowest BCUT2D eigenvalue weighted by molar-refractivity contribution is -0.134. The van der Waals surface area contributed by atoms with Crippen LogP contribution in [0, 0.1) is 23.5 Å². The molecular formula is C17H22F2N2O. The van der Waals surface area contributed by atoms with Crippen molar-refractivity contribution in [3.05, 3.63) is 35.4 Å². The number of nitrogens with zero attached hydrogens (tertiary/aromatic N) is 1. The lowest BCUT2D eigenvalue weighted by Gasteiger charge is -2.33. The first kappa shape index (κ1) is 15.4. The van der Waals surface area contributed by atoms with Crippen LogP contribution in [0.4, 0.5) is 8.78 Å². The van der Waals surface area contributed by atoms with Gasteiger partial charge in [-0.25, -0.2) is 8.78 Å². The molecule has 5 heteroatoms. The molecule has 3 atom stereocenters. The van der Waals surface area contributed by atoms with Gasteiger partial charge in [0, 0.05) is 19.0 Å². The van der Waals surface area contributed by atoms with Gasteiger partial charge in [-0.2, -0.15) is 0 Å². The van der Waals surface area contributed by atoms with E-state index in [9.17, 15) is 13.6 Å². The molecule has 1 saturated heterocycles. The number of amides is 1. The molecular weight excluding hydrogens is 286 g/mol. The first-order valence-electron chi connectivity index (χ1n) is 7.98. The molecule has 120 valence electrons. The summed E-state index contributed by atoms with van der Waals surface area (Å²) in [6, 6.07) is 3.49. The van der Waals surface area contributed by atoms with Gasteiger partial charge >= 0.3 is 0 Å². The normalized spacial score (nSPS) is 27.8. The fourth-order valence-electron chi connectivity index (χ4n) is 3.57. The zero-order valence-corrected chi connectivity index (χ0v) is 12.8. The Labute approximate surface area is 129 Å². The summed E-state index contributed by atoms with van der Waals surface area (Å²) in [5.74, 6) is -0.590. The Balaban J connectivity index is 1.64. The summed E-state index contributed by atoms with van der Waals surface area (Å²) in [7, 11) is 1.92. The predicted molar refractivity (Wildman–Crippen MR) is 80.4 cm³/mol. The van der Waals surface area contributed by atoms with Crippen molar-refractivity contribution in [1.82, 2.24) is 10.2 Å². The maximum atomic E-state index is 13.8. The van der Waals surface area contributed by atoms with Crippen molar-refractivity contribution in [1.29, 1.82) is 0 Å². The van der Waals surface area contributed by atoms with Gasteiger partial charge in [-0.15, -0.1) is 0 Å². The van der Waals surface area contributed by atoms with Crippen molar-refractivity contribution in [2.75, 3.05) is 26.7 Å². The number of nitrogens with one attached hydrogen (secondary N) is 1. The standard InChI is InChI=1S/C17H22F2N2O/c1-20-9-11-3-2-6-21(10-11)17(22)15-8-13(15)14-7-12(18)4-5-16(14)19/h4-5,7,11,13,15,20H,2-3,6,8-10H2,1H3. The van der Waals surface area contributed by atoms with E-state index in [-0.39, 0.29) is 17.7 Å². The van der Waals surface area contributed by atoms with Gasteiger partial charge in [0.1, 0.15) is 11.6 Å². The number of piperidine rings is 1. The lowest BCUT2D eigenvalue weighted by atomic mass is 9.97. The number of rotatable bonds is 4. The predicted octanol–water partition coefficient (Wildman–Crippen LogP) is 2.53. The van der Waals surface area contributed by atoms with Crippen LogP contribution in [0.1, 0.15) is 30.7 Å². The van der Waals surface area contributed by atoms with Crippen LogP contribution in [0.2, 0.25) is 0 Å². The number of carbonyl (C=O) groups is 1. The van der Waals surface area contributed by atoms with Gasteiger partial charge in [0.15, 0.2) is 0 Å². The van der Waals surface area contributed by atoms with E-state index in [1.165, 1.54) is 6.07 Å². The Kier molecular flexibility index (Phi) is 4.43. The van der Waals surface area contributed by atoms with Gasteiger partial charge in [0.2, 0.25) is 5.91 Å². The highest BCUT2D eigenvalue weighted by Gasteiger charge is 2.47. The molecule has 3 unspecified atom stereocenters. The summed E-state index contributed by atoms with van der Waals surface area (Å²) in [6.07, 6.45) is 2.79. The Morgan fingerprint density at radius 3 is 3.00 bits per heavy atom. The van der Waals surface area contributed by atoms with Gasteiger partial charge < -0.3 is 10.2 Å². The average Bonchev–Trinajstić information content (AvgIpc) is 3.30. The molecule has 3 nitrogen and oxygen atoms in total. The largest absolute Gasteiger partial charge is 0.342 e. The van der Waals surface area contributed by atoms with Crippen LogP contribution in [0.3, 0.4) is 0 Å². The Morgan fingerprint density at radius 2 is 2.23 bits per heavy atom. The van der Waals surface area contributed by atoms with E-state index in [0.29, 0.717) is 17.9 Å². The Bertz CT molecular complexity index is 562. The number of likely N-dealkylation sites (tertiary alicyclic amines) is 1. The maximum Gasteiger partial charge on any atom is 0.226 e. The number of hydrogen-bond acceptors (Lipinski definition) is 2. The third-order valence-electron chi connectivity index (χ3n) is 4.79. The van der Waals surface area contributed by atoms with Crippen LogP contribution in [-0.2, 0) is 4.79 Å². The summed E-state index contributed by atoms with van der Waals surface area (Å²) < 4.78 is 27.1. The Hall–Kier alpha value is -1.49. The van der Waals surface area contributed by atoms with E-state index < -0.39 is 11.6 Å². The van der Waals surface area contributed by atoms with Crippen molar-refractivity contribution in [2.45, 2.75) is 25.2 Å². The van der Waals surface area contributed by atoms with Crippen LogP contribution in [0.25, 0.3) is 0 Å². The van der Waals surface area contributed by atoms with E-state index >= 15 is 0 Å². The van der Waals surface area contributed by atoms with E-state index in [2.05, 4.69) is 5.32 Å². The third kappa shape index (κ3) is 3.14. The quantitative estimate of drug-likeness (QED) is 0.927. The number of hydrogen-bond donors (Lipinski definition) is 1. The number of halogens is 2. The summed E-state index contributed by atoms with van der Waals surface area (Å²) in [4.78, 5) is 14.5. The molecule has 0 spiro atoms. The summed E-state index contributed by atoms with van der Waals surface area (Å²) in [5.41, 5.74) is 0.349. The summed E-state index contributed by atoms with van der Waals surface area (Å²) in [6.45, 7) is 2.47. The molecule has 1 heterocycles. The van der Waals surface area contributed by atoms with Gasteiger partial charge in [-0.3, -0.25) is 4.79 Å². The van der Waals surface area contributed by atoms with Gasteiger partial charge in [-0.05, 0) is 68.5 Å². The van der Waals surface area contributed by atoms with Gasteiger partial charge in [0.05, 0.1) is 0 Å². The third-order valence-corrected chi connectivity index (χ3v) is 4.79. The average molecular weight is 308 g/mol. The molecule has 1 saturated carbocycles. The summed E-state index contributed by atoms with van der Waals surface area (Å²) in [5, 5.41) is 3.16. The molecule has 1 amide bonds. The molecule has 0 radical (unpaired) electrons. The van der Waals surface area contributed by atoms with Crippen molar-refractivity contribution in [2.24, 2.45) is 11.8 Å². The van der Waals surface area contributed by atoms with Crippen molar-refractivity contribution in [3.8, 4) is 0 Å². The maximum absolute atomic E-state index is 13.8. The molecule has 1 N–H and O–H groups in total. The highest BCUT2D eigenvalue weighted by Crippen LogP contribution is 2.49. The van der Waals surface area contributed by atoms with Crippen LogP contribution < -0.4 is 5.32 Å². The highest BCUT2D eigenvalue weighted by atomic mass is 19.1. The summed E-state index contributed by atoms with van der Waals surface area (Å²) >= 11 is 0.